The van der Waals surface area contributed by atoms with Gasteiger partial charge in [0.25, 0.3) is 0 Å². The Morgan fingerprint density at radius 2 is 1.62 bits per heavy atom. The first-order chi connectivity index (χ1) is 7.57. The molecule has 1 aromatic rings. The van der Waals surface area contributed by atoms with Crippen molar-refractivity contribution in [3.63, 3.8) is 0 Å². The number of pyridine rings is 1. The Morgan fingerprint density at radius 1 is 1.12 bits per heavy atom. The zero-order chi connectivity index (χ0) is 12.4. The van der Waals surface area contributed by atoms with Gasteiger partial charge in [0.2, 0.25) is 0 Å². The SMILES string of the molecule is O=C(O)C(=O)O.O=CC=Cc1ccncc1. The lowest BCUT2D eigenvalue weighted by Gasteiger charge is -1.86. The molecule has 0 atom stereocenters. The first kappa shape index (κ1) is 13.5. The number of aliphatic carboxylic acids is 2. The average molecular weight is 223 g/mol. The van der Waals surface area contributed by atoms with E-state index in [0.717, 1.165) is 11.8 Å². The fourth-order valence-electron chi connectivity index (χ4n) is 0.625. The summed E-state index contributed by atoms with van der Waals surface area (Å²) in [5.41, 5.74) is 0.988. The number of aldehydes is 1. The number of carbonyl (C=O) groups excluding carboxylic acids is 1. The summed E-state index contributed by atoms with van der Waals surface area (Å²) in [6.07, 6.45) is 7.30. The van der Waals surface area contributed by atoms with E-state index in [2.05, 4.69) is 4.98 Å². The van der Waals surface area contributed by atoms with Gasteiger partial charge in [0.05, 0.1) is 0 Å². The second kappa shape index (κ2) is 7.86. The summed E-state index contributed by atoms with van der Waals surface area (Å²) in [6.45, 7) is 0. The first-order valence-electron chi connectivity index (χ1n) is 4.06. The van der Waals surface area contributed by atoms with Gasteiger partial charge in [-0.3, -0.25) is 9.78 Å². The van der Waals surface area contributed by atoms with E-state index in [1.165, 1.54) is 6.08 Å². The molecule has 0 aliphatic carbocycles. The number of hydrogen-bond donors (Lipinski definition) is 2. The summed E-state index contributed by atoms with van der Waals surface area (Å²) >= 11 is 0. The minimum Gasteiger partial charge on any atom is -0.473 e. The van der Waals surface area contributed by atoms with E-state index < -0.39 is 11.9 Å². The Morgan fingerprint density at radius 3 is 2.00 bits per heavy atom. The van der Waals surface area contributed by atoms with Crippen molar-refractivity contribution in [2.45, 2.75) is 0 Å². The lowest BCUT2D eigenvalue weighted by atomic mass is 10.2. The third-order valence-corrected chi connectivity index (χ3v) is 1.26. The molecule has 2 N–H and O–H groups in total. The van der Waals surface area contributed by atoms with Gasteiger partial charge in [-0.05, 0) is 23.8 Å². The molecule has 0 aromatic carbocycles. The van der Waals surface area contributed by atoms with Crippen LogP contribution in [-0.4, -0.2) is 33.4 Å². The van der Waals surface area contributed by atoms with E-state index in [4.69, 9.17) is 19.8 Å². The van der Waals surface area contributed by atoms with Gasteiger partial charge in [-0.25, -0.2) is 9.59 Å². The molecule has 84 valence electrons. The van der Waals surface area contributed by atoms with Gasteiger partial charge in [0, 0.05) is 12.4 Å². The van der Waals surface area contributed by atoms with Crippen LogP contribution in [0.5, 0.6) is 0 Å². The first-order valence-corrected chi connectivity index (χ1v) is 4.06. The fourth-order valence-corrected chi connectivity index (χ4v) is 0.625. The highest BCUT2D eigenvalue weighted by Crippen LogP contribution is 1.96. The van der Waals surface area contributed by atoms with Crippen LogP contribution in [0.1, 0.15) is 5.56 Å². The number of carboxylic acids is 2. The van der Waals surface area contributed by atoms with Gasteiger partial charge < -0.3 is 10.2 Å². The minimum absolute atomic E-state index is 0.750. The van der Waals surface area contributed by atoms with Gasteiger partial charge in [-0.15, -0.1) is 0 Å². The van der Waals surface area contributed by atoms with Crippen LogP contribution in [0, 0.1) is 0 Å². The highest BCUT2D eigenvalue weighted by Gasteiger charge is 2.04. The molecule has 1 heterocycles. The van der Waals surface area contributed by atoms with E-state index in [-0.39, 0.29) is 0 Å². The maximum absolute atomic E-state index is 9.88. The molecule has 0 spiro atoms. The molecule has 0 saturated carbocycles. The van der Waals surface area contributed by atoms with Crippen LogP contribution >= 0.6 is 0 Å². The molecular formula is C10H9NO5. The fraction of sp³-hybridized carbons (Fsp3) is 0. The van der Waals surface area contributed by atoms with Crippen LogP contribution in [0.2, 0.25) is 0 Å². The van der Waals surface area contributed by atoms with Crippen LogP contribution in [0.15, 0.2) is 30.6 Å². The van der Waals surface area contributed by atoms with Crippen LogP contribution in [0.25, 0.3) is 6.08 Å². The Bertz CT molecular complexity index is 373. The minimum atomic E-state index is -1.82. The van der Waals surface area contributed by atoms with Gasteiger partial charge in [-0.2, -0.15) is 0 Å². The molecule has 6 heteroatoms. The molecule has 0 bridgehead atoms. The second-order valence-corrected chi connectivity index (χ2v) is 2.39. The molecule has 0 fully saturated rings. The van der Waals surface area contributed by atoms with Gasteiger partial charge in [-0.1, -0.05) is 6.08 Å². The number of allylic oxidation sites excluding steroid dienone is 1. The van der Waals surface area contributed by atoms with Crippen molar-refractivity contribution in [2.24, 2.45) is 0 Å². The normalized spacial score (nSPS) is 9.00. The Balaban J connectivity index is 0.000000325. The van der Waals surface area contributed by atoms with Crippen molar-refractivity contribution in [2.75, 3.05) is 0 Å². The number of rotatable bonds is 2. The number of nitrogens with zero attached hydrogens (tertiary/aromatic N) is 1. The molecule has 0 aliphatic rings. The predicted octanol–water partition coefficient (Wildman–Crippen LogP) is 0.449. The van der Waals surface area contributed by atoms with E-state index in [0.29, 0.717) is 0 Å². The molecule has 1 aromatic heterocycles. The average Bonchev–Trinajstić information content (AvgIpc) is 2.28. The van der Waals surface area contributed by atoms with Crippen LogP contribution in [0.4, 0.5) is 0 Å². The summed E-state index contributed by atoms with van der Waals surface area (Å²) < 4.78 is 0. The number of aromatic nitrogens is 1. The Labute approximate surface area is 90.9 Å². The standard InChI is InChI=1S/C8H7NO.C2H2O4/c10-7-1-2-8-3-5-9-6-4-8;3-1(4)2(5)6/h1-7H;(H,3,4)(H,5,6). The second-order valence-electron chi connectivity index (χ2n) is 2.39. The highest BCUT2D eigenvalue weighted by atomic mass is 16.4. The van der Waals surface area contributed by atoms with Gasteiger partial charge >= 0.3 is 11.9 Å². The topological polar surface area (TPSA) is 105 Å². The Hall–Kier alpha value is -2.50. The monoisotopic (exact) mass is 223 g/mol. The van der Waals surface area contributed by atoms with Crippen molar-refractivity contribution < 1.29 is 24.6 Å². The van der Waals surface area contributed by atoms with Gasteiger partial charge in [0.15, 0.2) is 0 Å². The summed E-state index contributed by atoms with van der Waals surface area (Å²) in [4.78, 5) is 31.9. The largest absolute Gasteiger partial charge is 0.473 e. The van der Waals surface area contributed by atoms with Crippen molar-refractivity contribution in [1.82, 2.24) is 4.98 Å². The third-order valence-electron chi connectivity index (χ3n) is 1.26. The molecule has 16 heavy (non-hydrogen) atoms. The summed E-state index contributed by atoms with van der Waals surface area (Å²) in [6, 6.07) is 3.67. The van der Waals surface area contributed by atoms with Crippen molar-refractivity contribution in [3.8, 4) is 0 Å². The molecule has 6 nitrogen and oxygen atoms in total. The summed E-state index contributed by atoms with van der Waals surface area (Å²) in [5, 5.41) is 14.8. The van der Waals surface area contributed by atoms with Crippen LogP contribution in [-0.2, 0) is 14.4 Å². The van der Waals surface area contributed by atoms with E-state index in [1.54, 1.807) is 18.5 Å². The highest BCUT2D eigenvalue weighted by molar-refractivity contribution is 6.27. The van der Waals surface area contributed by atoms with Crippen molar-refractivity contribution >= 4 is 24.3 Å². The van der Waals surface area contributed by atoms with Crippen molar-refractivity contribution in [1.29, 1.82) is 0 Å². The molecule has 0 amide bonds. The maximum atomic E-state index is 9.88. The van der Waals surface area contributed by atoms with E-state index in [9.17, 15) is 4.79 Å². The number of hydrogen-bond acceptors (Lipinski definition) is 4. The van der Waals surface area contributed by atoms with Gasteiger partial charge in [0.1, 0.15) is 6.29 Å². The lowest BCUT2D eigenvalue weighted by Crippen LogP contribution is -2.09. The third kappa shape index (κ3) is 6.96. The van der Waals surface area contributed by atoms with Crippen LogP contribution in [0.3, 0.4) is 0 Å². The summed E-state index contributed by atoms with van der Waals surface area (Å²) in [5.74, 6) is -3.65. The molecular weight excluding hydrogens is 214 g/mol. The van der Waals surface area contributed by atoms with E-state index >= 15 is 0 Å². The smallest absolute Gasteiger partial charge is 0.414 e. The molecule has 1 rings (SSSR count). The van der Waals surface area contributed by atoms with Crippen LogP contribution < -0.4 is 0 Å². The molecule has 0 saturated heterocycles. The molecule has 0 radical (unpaired) electrons. The zero-order valence-electron chi connectivity index (χ0n) is 8.11. The number of carbonyl (C=O) groups is 3. The quantitative estimate of drug-likeness (QED) is 0.428. The lowest BCUT2D eigenvalue weighted by molar-refractivity contribution is -0.159. The number of carboxylic acid groups (broad SMARTS) is 2. The maximum Gasteiger partial charge on any atom is 0.414 e. The van der Waals surface area contributed by atoms with E-state index in [1.807, 2.05) is 12.1 Å². The van der Waals surface area contributed by atoms with Crippen molar-refractivity contribution in [3.05, 3.63) is 36.2 Å². The zero-order valence-corrected chi connectivity index (χ0v) is 8.11. The molecule has 0 aliphatic heterocycles. The summed E-state index contributed by atoms with van der Waals surface area (Å²) in [7, 11) is 0. The molecule has 0 unspecified atom stereocenters. The predicted molar refractivity (Wildman–Crippen MR) is 54.6 cm³/mol. The Kier molecular flexibility index (Phi) is 6.63.